The smallest absolute Gasteiger partial charge is 0.255 e. The molecule has 0 aliphatic heterocycles. The molecule has 1 heterocycles. The van der Waals surface area contributed by atoms with E-state index in [9.17, 15) is 14.3 Å². The molecule has 4 aromatic rings. The van der Waals surface area contributed by atoms with Gasteiger partial charge in [0.2, 0.25) is 5.89 Å². The highest BCUT2D eigenvalue weighted by atomic mass is 19.1. The van der Waals surface area contributed by atoms with Crippen LogP contribution in [0.25, 0.3) is 22.6 Å². The molecule has 0 fully saturated rings. The Morgan fingerprint density at radius 1 is 1.11 bits per heavy atom. The van der Waals surface area contributed by atoms with Crippen molar-refractivity contribution in [2.75, 3.05) is 5.32 Å². The van der Waals surface area contributed by atoms with E-state index in [1.807, 2.05) is 26.0 Å². The summed E-state index contributed by atoms with van der Waals surface area (Å²) in [7, 11) is 0. The van der Waals surface area contributed by atoms with Crippen LogP contribution in [-0.4, -0.2) is 16.0 Å². The average molecular weight is 376 g/mol. The monoisotopic (exact) mass is 376 g/mol. The highest BCUT2D eigenvalue weighted by Crippen LogP contribution is 2.34. The van der Waals surface area contributed by atoms with Crippen LogP contribution >= 0.6 is 0 Å². The predicted octanol–water partition coefficient (Wildman–Crippen LogP) is 5.21. The first-order valence-electron chi connectivity index (χ1n) is 8.69. The van der Waals surface area contributed by atoms with E-state index in [0.29, 0.717) is 22.7 Å². The summed E-state index contributed by atoms with van der Waals surface area (Å²) in [6, 6.07) is 13.9. The number of nitrogens with one attached hydrogen (secondary N) is 1. The van der Waals surface area contributed by atoms with Crippen molar-refractivity contribution in [1.82, 2.24) is 4.98 Å². The third-order valence-electron chi connectivity index (χ3n) is 4.39. The molecule has 0 atom stereocenters. The number of anilines is 1. The molecule has 4 rings (SSSR count). The number of nitrogens with zero attached hydrogens (tertiary/aromatic N) is 1. The molecule has 5 nitrogen and oxygen atoms in total. The molecule has 2 N–H and O–H groups in total. The van der Waals surface area contributed by atoms with Crippen molar-refractivity contribution >= 4 is 22.7 Å². The van der Waals surface area contributed by atoms with Gasteiger partial charge in [0.1, 0.15) is 17.1 Å². The number of hydrogen-bond acceptors (Lipinski definition) is 4. The van der Waals surface area contributed by atoms with Crippen molar-refractivity contribution in [1.29, 1.82) is 0 Å². The van der Waals surface area contributed by atoms with E-state index in [-0.39, 0.29) is 11.3 Å². The minimum atomic E-state index is -0.493. The molecule has 3 aromatic carbocycles. The number of amides is 1. The van der Waals surface area contributed by atoms with Crippen LogP contribution in [0.3, 0.4) is 0 Å². The SMILES string of the molecule is Cc1cc(C)c2oc(-c3ccc(NC(=O)c4cccc(F)c4)cc3O)nc2c1. The normalized spacial score (nSPS) is 11.0. The number of oxazole rings is 1. The first kappa shape index (κ1) is 17.7. The number of hydrogen-bond donors (Lipinski definition) is 2. The maximum Gasteiger partial charge on any atom is 0.255 e. The summed E-state index contributed by atoms with van der Waals surface area (Å²) in [5, 5.41) is 13.0. The summed E-state index contributed by atoms with van der Waals surface area (Å²) >= 11 is 0. The van der Waals surface area contributed by atoms with E-state index in [2.05, 4.69) is 10.3 Å². The molecule has 0 aliphatic rings. The Labute approximate surface area is 160 Å². The van der Waals surface area contributed by atoms with Crippen LogP contribution in [0.1, 0.15) is 21.5 Å². The van der Waals surface area contributed by atoms with E-state index < -0.39 is 11.7 Å². The number of rotatable bonds is 3. The van der Waals surface area contributed by atoms with Crippen LogP contribution in [0, 0.1) is 19.7 Å². The molecule has 0 saturated heterocycles. The maximum absolute atomic E-state index is 13.3. The topological polar surface area (TPSA) is 75.4 Å². The van der Waals surface area contributed by atoms with Crippen LogP contribution < -0.4 is 5.32 Å². The van der Waals surface area contributed by atoms with Crippen molar-refractivity contribution in [3.05, 3.63) is 77.1 Å². The summed E-state index contributed by atoms with van der Waals surface area (Å²) in [5.41, 5.74) is 4.40. The van der Waals surface area contributed by atoms with E-state index in [1.54, 1.807) is 12.1 Å². The third kappa shape index (κ3) is 3.32. The third-order valence-corrected chi connectivity index (χ3v) is 4.39. The van der Waals surface area contributed by atoms with Crippen LogP contribution in [0.4, 0.5) is 10.1 Å². The van der Waals surface area contributed by atoms with Gasteiger partial charge in [-0.25, -0.2) is 9.37 Å². The molecular weight excluding hydrogens is 359 g/mol. The van der Waals surface area contributed by atoms with Gasteiger partial charge in [-0.15, -0.1) is 0 Å². The van der Waals surface area contributed by atoms with E-state index >= 15 is 0 Å². The van der Waals surface area contributed by atoms with Crippen molar-refractivity contribution < 1.29 is 18.7 Å². The van der Waals surface area contributed by atoms with Crippen LogP contribution in [-0.2, 0) is 0 Å². The standard InChI is InChI=1S/C22H17FN2O3/c1-12-8-13(2)20-18(9-12)25-22(28-20)17-7-6-16(11-19(17)26)24-21(27)14-4-3-5-15(23)10-14/h3-11,26H,1-2H3,(H,24,27). The van der Waals surface area contributed by atoms with E-state index in [0.717, 1.165) is 22.7 Å². The molecule has 0 radical (unpaired) electrons. The van der Waals surface area contributed by atoms with Gasteiger partial charge in [-0.3, -0.25) is 4.79 Å². The van der Waals surface area contributed by atoms with Gasteiger partial charge in [0.05, 0.1) is 5.56 Å². The van der Waals surface area contributed by atoms with Crippen LogP contribution in [0.5, 0.6) is 5.75 Å². The molecule has 28 heavy (non-hydrogen) atoms. The lowest BCUT2D eigenvalue weighted by molar-refractivity contribution is 0.102. The van der Waals surface area contributed by atoms with E-state index in [4.69, 9.17) is 4.42 Å². The Morgan fingerprint density at radius 3 is 2.68 bits per heavy atom. The minimum Gasteiger partial charge on any atom is -0.507 e. The van der Waals surface area contributed by atoms with E-state index in [1.165, 1.54) is 24.3 Å². The lowest BCUT2D eigenvalue weighted by Gasteiger charge is -2.07. The van der Waals surface area contributed by atoms with Gasteiger partial charge in [0.25, 0.3) is 5.91 Å². The zero-order valence-corrected chi connectivity index (χ0v) is 15.3. The number of carbonyl (C=O) groups excluding carboxylic acids is 1. The van der Waals surface area contributed by atoms with Gasteiger partial charge in [0, 0.05) is 17.3 Å². The number of aryl methyl sites for hydroxylation is 2. The Balaban J connectivity index is 1.63. The Morgan fingerprint density at radius 2 is 1.93 bits per heavy atom. The molecule has 0 spiro atoms. The highest BCUT2D eigenvalue weighted by molar-refractivity contribution is 6.04. The van der Waals surface area contributed by atoms with Gasteiger partial charge in [-0.05, 0) is 61.4 Å². The van der Waals surface area contributed by atoms with Crippen molar-refractivity contribution in [2.45, 2.75) is 13.8 Å². The number of fused-ring (bicyclic) bond motifs is 1. The fourth-order valence-electron chi connectivity index (χ4n) is 3.12. The molecule has 6 heteroatoms. The summed E-state index contributed by atoms with van der Waals surface area (Å²) < 4.78 is 19.1. The second kappa shape index (κ2) is 6.81. The van der Waals surface area contributed by atoms with Crippen molar-refractivity contribution in [2.24, 2.45) is 0 Å². The first-order valence-corrected chi connectivity index (χ1v) is 8.69. The molecule has 0 aliphatic carbocycles. The largest absolute Gasteiger partial charge is 0.507 e. The highest BCUT2D eigenvalue weighted by Gasteiger charge is 2.15. The second-order valence-corrected chi connectivity index (χ2v) is 6.65. The predicted molar refractivity (Wildman–Crippen MR) is 105 cm³/mol. The van der Waals surface area contributed by atoms with Gasteiger partial charge in [-0.1, -0.05) is 12.1 Å². The Hall–Kier alpha value is -3.67. The van der Waals surface area contributed by atoms with Crippen molar-refractivity contribution in [3.63, 3.8) is 0 Å². The summed E-state index contributed by atoms with van der Waals surface area (Å²) in [6.45, 7) is 3.92. The zero-order valence-electron chi connectivity index (χ0n) is 15.3. The number of phenolic OH excluding ortho intramolecular Hbond substituents is 1. The first-order chi connectivity index (χ1) is 13.4. The number of benzene rings is 3. The molecule has 1 aromatic heterocycles. The fraction of sp³-hybridized carbons (Fsp3) is 0.0909. The van der Waals surface area contributed by atoms with Crippen LogP contribution in [0.2, 0.25) is 0 Å². The lowest BCUT2D eigenvalue weighted by atomic mass is 10.1. The van der Waals surface area contributed by atoms with Crippen LogP contribution in [0.15, 0.2) is 59.0 Å². The maximum atomic E-state index is 13.3. The summed E-state index contributed by atoms with van der Waals surface area (Å²) in [5.74, 6) is -0.755. The minimum absolute atomic E-state index is 0.0852. The molecule has 1 amide bonds. The zero-order chi connectivity index (χ0) is 19.8. The van der Waals surface area contributed by atoms with Gasteiger partial charge < -0.3 is 14.8 Å². The number of halogens is 1. The number of aromatic nitrogens is 1. The molecule has 0 bridgehead atoms. The molecular formula is C22H17FN2O3. The quantitative estimate of drug-likeness (QED) is 0.515. The average Bonchev–Trinajstić information content (AvgIpc) is 3.05. The molecule has 0 unspecified atom stereocenters. The van der Waals surface area contributed by atoms with Crippen molar-refractivity contribution in [3.8, 4) is 17.2 Å². The molecule has 140 valence electrons. The Bertz CT molecular complexity index is 1210. The second-order valence-electron chi connectivity index (χ2n) is 6.65. The van der Waals surface area contributed by atoms with Gasteiger partial charge in [-0.2, -0.15) is 0 Å². The Kier molecular flexibility index (Phi) is 4.31. The van der Waals surface area contributed by atoms with Gasteiger partial charge >= 0.3 is 0 Å². The summed E-state index contributed by atoms with van der Waals surface area (Å²) in [6.07, 6.45) is 0. The van der Waals surface area contributed by atoms with Gasteiger partial charge in [0.15, 0.2) is 5.58 Å². The number of carbonyl (C=O) groups is 1. The molecule has 0 saturated carbocycles. The fourth-order valence-corrected chi connectivity index (χ4v) is 3.12. The number of aromatic hydroxyl groups is 1. The lowest BCUT2D eigenvalue weighted by Crippen LogP contribution is -2.11. The summed E-state index contributed by atoms with van der Waals surface area (Å²) in [4.78, 5) is 16.7. The number of phenols is 1.